The third-order valence-corrected chi connectivity index (χ3v) is 8.70. The van der Waals surface area contributed by atoms with Crippen molar-refractivity contribution in [2.75, 3.05) is 19.8 Å². The molecule has 0 spiro atoms. The summed E-state index contributed by atoms with van der Waals surface area (Å²) in [6, 6.07) is 0.695. The normalized spacial score (nSPS) is 21.1. The van der Waals surface area contributed by atoms with E-state index in [1.807, 2.05) is 0 Å². The van der Waals surface area contributed by atoms with Crippen LogP contribution < -0.4 is 10.6 Å². The lowest BCUT2D eigenvalue weighted by molar-refractivity contribution is -0.214. The molecule has 2 fully saturated rings. The van der Waals surface area contributed by atoms with Gasteiger partial charge in [-0.05, 0) is 44.1 Å². The highest BCUT2D eigenvalue weighted by molar-refractivity contribution is 5.92. The highest BCUT2D eigenvalue weighted by Gasteiger charge is 2.47. The van der Waals surface area contributed by atoms with Gasteiger partial charge in [-0.15, -0.1) is 0 Å². The van der Waals surface area contributed by atoms with E-state index >= 15 is 0 Å². The minimum absolute atomic E-state index is 0.00512. The second-order valence-electron chi connectivity index (χ2n) is 12.5. The largest absolute Gasteiger partial charge is 0.393 e. The van der Waals surface area contributed by atoms with Crippen LogP contribution in [-0.4, -0.2) is 67.1 Å². The average molecular weight is 605 g/mol. The Morgan fingerprint density at radius 1 is 1.23 bits per heavy atom. The molecule has 3 atom stereocenters. The fourth-order valence-electron chi connectivity index (χ4n) is 5.77. The first kappa shape index (κ1) is 30.9. The van der Waals surface area contributed by atoms with Crippen molar-refractivity contribution in [2.45, 2.75) is 77.4 Å². The Morgan fingerprint density at radius 2 is 1.98 bits per heavy atom. The van der Waals surface area contributed by atoms with Crippen molar-refractivity contribution in [3.05, 3.63) is 41.2 Å². The van der Waals surface area contributed by atoms with Crippen LogP contribution in [0, 0.1) is 17.3 Å². The lowest BCUT2D eigenvalue weighted by atomic mass is 9.85. The molecule has 2 N–H and O–H groups in total. The van der Waals surface area contributed by atoms with Crippen LogP contribution in [0.25, 0.3) is 5.78 Å². The third kappa shape index (κ3) is 6.84. The van der Waals surface area contributed by atoms with E-state index in [9.17, 15) is 22.8 Å². The van der Waals surface area contributed by atoms with Crippen molar-refractivity contribution in [3.8, 4) is 0 Å². The number of imidazole rings is 1. The number of nitrogens with zero attached hydrogens (tertiary/aromatic N) is 6. The summed E-state index contributed by atoms with van der Waals surface area (Å²) >= 11 is 0. The smallest absolute Gasteiger partial charge is 0.381 e. The number of hydrogen-bond donors (Lipinski definition) is 2. The molecule has 14 heteroatoms. The van der Waals surface area contributed by atoms with Gasteiger partial charge in [-0.2, -0.15) is 23.4 Å². The summed E-state index contributed by atoms with van der Waals surface area (Å²) in [6.07, 6.45) is 1.09. The molecule has 3 aromatic rings. The Balaban J connectivity index is 1.50. The van der Waals surface area contributed by atoms with Crippen LogP contribution in [0.15, 0.2) is 18.5 Å². The first-order valence-electron chi connectivity index (χ1n) is 14.8. The van der Waals surface area contributed by atoms with Gasteiger partial charge >= 0.3 is 6.18 Å². The number of nitrogens with one attached hydrogen (secondary N) is 2. The number of aromatic nitrogens is 6. The topological polar surface area (TPSA) is 128 Å². The van der Waals surface area contributed by atoms with Gasteiger partial charge in [-0.1, -0.05) is 20.8 Å². The van der Waals surface area contributed by atoms with Crippen molar-refractivity contribution in [1.82, 2.24) is 40.0 Å². The zero-order valence-corrected chi connectivity index (χ0v) is 24.9. The summed E-state index contributed by atoms with van der Waals surface area (Å²) in [5, 5.41) is 14.7. The maximum absolute atomic E-state index is 13.7. The van der Waals surface area contributed by atoms with E-state index in [1.54, 1.807) is 13.2 Å². The maximum Gasteiger partial charge on any atom is 0.393 e. The van der Waals surface area contributed by atoms with Crippen LogP contribution in [-0.2, 0) is 23.0 Å². The standard InChI is InChI=1S/C29H39F3N8O3/c1-17-13-19(25(41)33-15-17)14-21-24(18-7-11-43-12-8-18)37-27-36-22(16-40(27)38-21)20(5-9-28(2,3)29(30,31)32)35-26(42)23-6-10-34-39(23)4/h6,10,16-20H,5,7-9,11-15H2,1-4H3,(H,33,41)(H,35,42)/t17-,19+,20-/m0/s1. The quantitative estimate of drug-likeness (QED) is 0.379. The molecule has 3 aromatic heterocycles. The molecule has 43 heavy (non-hydrogen) atoms. The molecule has 0 bridgehead atoms. The minimum atomic E-state index is -4.41. The van der Waals surface area contributed by atoms with Gasteiger partial charge in [0.1, 0.15) is 5.69 Å². The van der Waals surface area contributed by atoms with E-state index in [0.29, 0.717) is 43.5 Å². The van der Waals surface area contributed by atoms with Crippen LogP contribution in [0.1, 0.15) is 92.4 Å². The van der Waals surface area contributed by atoms with Crippen molar-refractivity contribution in [1.29, 1.82) is 0 Å². The number of aryl methyl sites for hydroxylation is 1. The molecule has 2 amide bonds. The molecule has 2 aliphatic rings. The van der Waals surface area contributed by atoms with Gasteiger partial charge in [-0.3, -0.25) is 14.3 Å². The van der Waals surface area contributed by atoms with Gasteiger partial charge in [0.2, 0.25) is 5.91 Å². The predicted octanol–water partition coefficient (Wildman–Crippen LogP) is 3.91. The van der Waals surface area contributed by atoms with Crippen LogP contribution in [0.4, 0.5) is 13.2 Å². The molecule has 5 rings (SSSR count). The van der Waals surface area contributed by atoms with Crippen molar-refractivity contribution in [3.63, 3.8) is 0 Å². The van der Waals surface area contributed by atoms with Crippen molar-refractivity contribution >= 4 is 17.6 Å². The lowest BCUT2D eigenvalue weighted by Crippen LogP contribution is -2.41. The van der Waals surface area contributed by atoms with Gasteiger partial charge in [-0.25, -0.2) is 14.5 Å². The molecule has 0 aliphatic carbocycles. The Bertz CT molecular complexity index is 1460. The fourth-order valence-corrected chi connectivity index (χ4v) is 5.77. The number of carbonyl (C=O) groups excluding carboxylic acids is 2. The highest BCUT2D eigenvalue weighted by atomic mass is 19.4. The number of carbonyl (C=O) groups is 2. The van der Waals surface area contributed by atoms with E-state index in [1.165, 1.54) is 21.5 Å². The number of hydrogen-bond acceptors (Lipinski definition) is 7. The third-order valence-electron chi connectivity index (χ3n) is 8.70. The minimum Gasteiger partial charge on any atom is -0.381 e. The lowest BCUT2D eigenvalue weighted by Gasteiger charge is -2.29. The molecule has 5 heterocycles. The molecule has 0 saturated carbocycles. The second kappa shape index (κ2) is 12.2. The second-order valence-corrected chi connectivity index (χ2v) is 12.5. The Morgan fingerprint density at radius 3 is 2.65 bits per heavy atom. The summed E-state index contributed by atoms with van der Waals surface area (Å²) in [7, 11) is 1.61. The van der Waals surface area contributed by atoms with Crippen molar-refractivity contribution < 1.29 is 27.5 Å². The Labute approximate surface area is 248 Å². The van der Waals surface area contributed by atoms with E-state index in [0.717, 1.165) is 38.8 Å². The van der Waals surface area contributed by atoms with Crippen LogP contribution in [0.5, 0.6) is 0 Å². The summed E-state index contributed by atoms with van der Waals surface area (Å²) in [6.45, 7) is 6.23. The molecular weight excluding hydrogens is 565 g/mol. The zero-order valence-electron chi connectivity index (χ0n) is 24.9. The molecule has 11 nitrogen and oxygen atoms in total. The first-order valence-corrected chi connectivity index (χ1v) is 14.8. The Hall–Kier alpha value is -3.55. The number of fused-ring (bicyclic) bond motifs is 1. The van der Waals surface area contributed by atoms with E-state index in [2.05, 4.69) is 27.6 Å². The van der Waals surface area contributed by atoms with Gasteiger partial charge in [0.25, 0.3) is 11.7 Å². The monoisotopic (exact) mass is 604 g/mol. The van der Waals surface area contributed by atoms with Gasteiger partial charge in [0.05, 0.1) is 34.7 Å². The maximum atomic E-state index is 13.7. The molecular formula is C29H39F3N8O3. The van der Waals surface area contributed by atoms with Crippen LogP contribution in [0.2, 0.25) is 0 Å². The average Bonchev–Trinajstić information content (AvgIpc) is 3.58. The number of piperidine rings is 1. The molecule has 234 valence electrons. The van der Waals surface area contributed by atoms with Crippen molar-refractivity contribution in [2.24, 2.45) is 24.3 Å². The SMILES string of the molecule is C[C@@H]1CNC(=O)[C@@H](Cc2nn3cc([C@H](CCC(C)(C)C(F)(F)F)NC(=O)c4ccnn4C)nc3nc2C2CCOCC2)C1. The highest BCUT2D eigenvalue weighted by Crippen LogP contribution is 2.42. The van der Waals surface area contributed by atoms with Gasteiger partial charge in [0.15, 0.2) is 0 Å². The first-order chi connectivity index (χ1) is 20.3. The summed E-state index contributed by atoms with van der Waals surface area (Å²) in [5.74, 6) is -0.0126. The summed E-state index contributed by atoms with van der Waals surface area (Å²) in [5.41, 5.74) is 0.120. The number of amides is 2. The number of ether oxygens (including phenoxy) is 1. The van der Waals surface area contributed by atoms with Gasteiger partial charge < -0.3 is 15.4 Å². The number of alkyl halides is 3. The van der Waals surface area contributed by atoms with Crippen LogP contribution in [0.3, 0.4) is 0 Å². The van der Waals surface area contributed by atoms with Gasteiger partial charge in [0, 0.05) is 51.3 Å². The zero-order chi connectivity index (χ0) is 30.9. The molecule has 2 saturated heterocycles. The van der Waals surface area contributed by atoms with Crippen LogP contribution >= 0.6 is 0 Å². The number of halogens is 3. The molecule has 0 aromatic carbocycles. The Kier molecular flexibility index (Phi) is 8.77. The predicted molar refractivity (Wildman–Crippen MR) is 150 cm³/mol. The van der Waals surface area contributed by atoms with E-state index in [-0.39, 0.29) is 42.1 Å². The summed E-state index contributed by atoms with van der Waals surface area (Å²) < 4.78 is 49.6. The van der Waals surface area contributed by atoms with E-state index in [4.69, 9.17) is 14.8 Å². The molecule has 2 aliphatic heterocycles. The van der Waals surface area contributed by atoms with E-state index < -0.39 is 23.5 Å². The fraction of sp³-hybridized carbons (Fsp3) is 0.655. The number of rotatable bonds is 9. The summed E-state index contributed by atoms with van der Waals surface area (Å²) in [4.78, 5) is 35.4. The molecule has 0 radical (unpaired) electrons. The molecule has 0 unspecified atom stereocenters.